The third kappa shape index (κ3) is 5.26. The number of hydrogen-bond donors (Lipinski definition) is 0. The van der Waals surface area contributed by atoms with Gasteiger partial charge in [-0.3, -0.25) is 9.59 Å². The Morgan fingerprint density at radius 3 is 2.32 bits per heavy atom. The van der Waals surface area contributed by atoms with Gasteiger partial charge in [0.2, 0.25) is 0 Å². The SMILES string of the molecule is CC(C)(C)OC(=O)N1C(=O)C=C[C@@H]1[C@@H](CC(=O)c1ccccc1)c1ccc(C#N)cc1. The van der Waals surface area contributed by atoms with Gasteiger partial charge in [-0.1, -0.05) is 48.5 Å². The van der Waals surface area contributed by atoms with Gasteiger partial charge in [-0.25, -0.2) is 9.69 Å². The van der Waals surface area contributed by atoms with E-state index in [-0.39, 0.29) is 12.2 Å². The molecule has 6 heteroatoms. The van der Waals surface area contributed by atoms with Crippen LogP contribution in [0.2, 0.25) is 0 Å². The van der Waals surface area contributed by atoms with Gasteiger partial charge >= 0.3 is 6.09 Å². The number of ether oxygens (including phenoxy) is 1. The van der Waals surface area contributed by atoms with Crippen LogP contribution < -0.4 is 0 Å². The lowest BCUT2D eigenvalue weighted by molar-refractivity contribution is -0.125. The Hall–Kier alpha value is -3.72. The van der Waals surface area contributed by atoms with Crippen LogP contribution in [0, 0.1) is 11.3 Å². The second-order valence-electron chi connectivity index (χ2n) is 8.37. The summed E-state index contributed by atoms with van der Waals surface area (Å²) in [6, 6.07) is 17.1. The summed E-state index contributed by atoms with van der Waals surface area (Å²) in [5.74, 6) is -1.08. The van der Waals surface area contributed by atoms with Crippen LogP contribution >= 0.6 is 0 Å². The molecule has 1 aliphatic heterocycles. The highest BCUT2D eigenvalue weighted by molar-refractivity contribution is 6.02. The zero-order valence-electron chi connectivity index (χ0n) is 17.7. The Morgan fingerprint density at radius 2 is 1.74 bits per heavy atom. The number of hydrogen-bond acceptors (Lipinski definition) is 5. The molecule has 2 aromatic carbocycles. The number of carbonyl (C=O) groups is 3. The van der Waals surface area contributed by atoms with Gasteiger partial charge in [0, 0.05) is 24.0 Å². The lowest BCUT2D eigenvalue weighted by atomic mass is 9.85. The summed E-state index contributed by atoms with van der Waals surface area (Å²) in [6.45, 7) is 5.18. The number of ketones is 1. The summed E-state index contributed by atoms with van der Waals surface area (Å²) in [6.07, 6.45) is 2.29. The smallest absolute Gasteiger partial charge is 0.417 e. The molecule has 0 N–H and O–H groups in total. The van der Waals surface area contributed by atoms with Crippen molar-refractivity contribution in [2.45, 2.75) is 44.8 Å². The molecule has 0 bridgehead atoms. The van der Waals surface area contributed by atoms with E-state index in [9.17, 15) is 14.4 Å². The first-order valence-electron chi connectivity index (χ1n) is 10.0. The molecule has 158 valence electrons. The fraction of sp³-hybridized carbons (Fsp3) is 0.280. The highest BCUT2D eigenvalue weighted by Gasteiger charge is 2.40. The van der Waals surface area contributed by atoms with Crippen molar-refractivity contribution in [1.29, 1.82) is 5.26 Å². The minimum absolute atomic E-state index is 0.0809. The number of amides is 2. The van der Waals surface area contributed by atoms with Gasteiger partial charge in [0.15, 0.2) is 5.78 Å². The molecule has 0 aromatic heterocycles. The van der Waals surface area contributed by atoms with Crippen molar-refractivity contribution in [3.8, 4) is 6.07 Å². The summed E-state index contributed by atoms with van der Waals surface area (Å²) >= 11 is 0. The minimum Gasteiger partial charge on any atom is -0.443 e. The van der Waals surface area contributed by atoms with Crippen molar-refractivity contribution in [1.82, 2.24) is 4.90 Å². The molecule has 6 nitrogen and oxygen atoms in total. The lowest BCUT2D eigenvalue weighted by Gasteiger charge is -2.32. The number of imide groups is 1. The number of carbonyl (C=O) groups excluding carboxylic acids is 3. The number of benzene rings is 2. The van der Waals surface area contributed by atoms with Crippen molar-refractivity contribution in [2.24, 2.45) is 0 Å². The Morgan fingerprint density at radius 1 is 1.10 bits per heavy atom. The van der Waals surface area contributed by atoms with Crippen LogP contribution in [0.1, 0.15) is 54.6 Å². The van der Waals surface area contributed by atoms with Gasteiger partial charge in [-0.05, 0) is 38.5 Å². The maximum atomic E-state index is 13.0. The van der Waals surface area contributed by atoms with Crippen LogP contribution in [0.4, 0.5) is 4.79 Å². The lowest BCUT2D eigenvalue weighted by Crippen LogP contribution is -2.45. The van der Waals surface area contributed by atoms with Gasteiger partial charge < -0.3 is 4.74 Å². The number of nitrogens with zero attached hydrogens (tertiary/aromatic N) is 2. The largest absolute Gasteiger partial charge is 0.443 e. The molecular weight excluding hydrogens is 392 g/mol. The average Bonchev–Trinajstić information content (AvgIpc) is 3.12. The fourth-order valence-corrected chi connectivity index (χ4v) is 3.51. The molecule has 1 aliphatic rings. The van der Waals surface area contributed by atoms with E-state index >= 15 is 0 Å². The van der Waals surface area contributed by atoms with Gasteiger partial charge in [0.1, 0.15) is 5.60 Å². The van der Waals surface area contributed by atoms with E-state index in [0.29, 0.717) is 11.1 Å². The quantitative estimate of drug-likeness (QED) is 0.664. The number of rotatable bonds is 5. The standard InChI is InChI=1S/C25H24N2O4/c1-25(2,3)31-24(30)27-21(13-14-23(27)29)20(18-11-9-17(16-26)10-12-18)15-22(28)19-7-5-4-6-8-19/h4-14,20-21H,15H2,1-3H3/t20-,21+/m0/s1. The maximum absolute atomic E-state index is 13.0. The predicted molar refractivity (Wildman–Crippen MR) is 115 cm³/mol. The van der Waals surface area contributed by atoms with Crippen LogP contribution in [0.25, 0.3) is 0 Å². The molecule has 0 saturated carbocycles. The normalized spacial score (nSPS) is 16.6. The second kappa shape index (κ2) is 8.97. The molecule has 0 saturated heterocycles. The minimum atomic E-state index is -0.770. The van der Waals surface area contributed by atoms with Gasteiger partial charge in [-0.15, -0.1) is 0 Å². The van der Waals surface area contributed by atoms with E-state index in [1.54, 1.807) is 75.4 Å². The third-order valence-electron chi connectivity index (χ3n) is 4.94. The zero-order valence-corrected chi connectivity index (χ0v) is 17.7. The number of nitriles is 1. The molecule has 2 amide bonds. The molecule has 0 aliphatic carbocycles. The molecule has 0 spiro atoms. The van der Waals surface area contributed by atoms with E-state index in [1.165, 1.54) is 6.08 Å². The highest BCUT2D eigenvalue weighted by Crippen LogP contribution is 2.33. The highest BCUT2D eigenvalue weighted by atomic mass is 16.6. The fourth-order valence-electron chi connectivity index (χ4n) is 3.51. The topological polar surface area (TPSA) is 87.5 Å². The van der Waals surface area contributed by atoms with Crippen molar-refractivity contribution in [3.05, 3.63) is 83.4 Å². The molecule has 3 rings (SSSR count). The van der Waals surface area contributed by atoms with Gasteiger partial charge in [0.25, 0.3) is 5.91 Å². The van der Waals surface area contributed by atoms with Crippen molar-refractivity contribution < 1.29 is 19.1 Å². The van der Waals surface area contributed by atoms with E-state index in [4.69, 9.17) is 10.00 Å². The molecule has 1 heterocycles. The predicted octanol–water partition coefficient (Wildman–Crippen LogP) is 4.62. The van der Waals surface area contributed by atoms with E-state index in [1.807, 2.05) is 6.07 Å². The Labute approximate surface area is 181 Å². The summed E-state index contributed by atoms with van der Waals surface area (Å²) in [4.78, 5) is 39.4. The number of Topliss-reactive ketones (excluding diaryl/α,β-unsaturated/α-hetero) is 1. The van der Waals surface area contributed by atoms with E-state index in [0.717, 1.165) is 10.5 Å². The zero-order chi connectivity index (χ0) is 22.6. The second-order valence-corrected chi connectivity index (χ2v) is 8.37. The molecular formula is C25H24N2O4. The molecule has 2 atom stereocenters. The van der Waals surface area contributed by atoms with Gasteiger partial charge in [-0.2, -0.15) is 5.26 Å². The average molecular weight is 416 g/mol. The van der Waals surface area contributed by atoms with Gasteiger partial charge in [0.05, 0.1) is 17.7 Å². The van der Waals surface area contributed by atoms with E-state index in [2.05, 4.69) is 6.07 Å². The Kier molecular flexibility index (Phi) is 6.36. The Balaban J connectivity index is 1.97. The van der Waals surface area contributed by atoms with Crippen LogP contribution in [0.15, 0.2) is 66.7 Å². The van der Waals surface area contributed by atoms with Crippen LogP contribution in [-0.2, 0) is 9.53 Å². The summed E-state index contributed by atoms with van der Waals surface area (Å²) in [5.41, 5.74) is 1.02. The first-order chi connectivity index (χ1) is 14.7. The van der Waals surface area contributed by atoms with Crippen molar-refractivity contribution in [3.63, 3.8) is 0 Å². The van der Waals surface area contributed by atoms with Crippen molar-refractivity contribution >= 4 is 17.8 Å². The summed E-state index contributed by atoms with van der Waals surface area (Å²) in [7, 11) is 0. The summed E-state index contributed by atoms with van der Waals surface area (Å²) in [5, 5.41) is 9.10. The molecule has 0 fully saturated rings. The monoisotopic (exact) mass is 416 g/mol. The molecule has 0 radical (unpaired) electrons. The third-order valence-corrected chi connectivity index (χ3v) is 4.94. The van der Waals surface area contributed by atoms with E-state index < -0.39 is 29.6 Å². The summed E-state index contributed by atoms with van der Waals surface area (Å²) < 4.78 is 5.43. The molecule has 0 unspecified atom stereocenters. The Bertz CT molecular complexity index is 1040. The van der Waals surface area contributed by atoms with Crippen LogP contribution in [-0.4, -0.2) is 34.3 Å². The van der Waals surface area contributed by atoms with Crippen LogP contribution in [0.5, 0.6) is 0 Å². The molecule has 2 aromatic rings. The molecule has 31 heavy (non-hydrogen) atoms. The maximum Gasteiger partial charge on any atom is 0.417 e. The first-order valence-corrected chi connectivity index (χ1v) is 10.0. The van der Waals surface area contributed by atoms with Crippen LogP contribution in [0.3, 0.4) is 0 Å². The van der Waals surface area contributed by atoms with Crippen molar-refractivity contribution in [2.75, 3.05) is 0 Å². The first kappa shape index (κ1) is 22.0.